The molecule has 1 aromatic heterocycles. The molecule has 0 fully saturated rings. The number of nitrogens with zero attached hydrogens (tertiary/aromatic N) is 2. The molecule has 0 bridgehead atoms. The van der Waals surface area contributed by atoms with Crippen LogP contribution in [0.1, 0.15) is 83.5 Å². The lowest BCUT2D eigenvalue weighted by Gasteiger charge is -2.28. The van der Waals surface area contributed by atoms with E-state index >= 15 is 0 Å². The lowest BCUT2D eigenvalue weighted by atomic mass is 9.93. The number of hydrogen-bond donors (Lipinski definition) is 0. The van der Waals surface area contributed by atoms with E-state index in [1.165, 1.54) is 33.5 Å². The number of benzene rings is 1. The maximum absolute atomic E-state index is 5.81. The first-order valence-electron chi connectivity index (χ1n) is 13.8. The molecule has 0 radical (unpaired) electrons. The summed E-state index contributed by atoms with van der Waals surface area (Å²) in [6.45, 7) is 29.0. The molecule has 0 atom stereocenters. The van der Waals surface area contributed by atoms with Crippen molar-refractivity contribution in [2.45, 2.75) is 80.1 Å². The Kier molecular flexibility index (Phi) is 14.9. The van der Waals surface area contributed by atoms with Crippen molar-refractivity contribution in [1.29, 1.82) is 0 Å². The third-order valence-corrected chi connectivity index (χ3v) is 6.09. The van der Waals surface area contributed by atoms with Gasteiger partial charge in [0, 0.05) is 32.4 Å². The molecular formula is C33H52N2O2. The highest BCUT2D eigenvalue weighted by molar-refractivity contribution is 5.71. The summed E-state index contributed by atoms with van der Waals surface area (Å²) >= 11 is 0. The van der Waals surface area contributed by atoms with E-state index in [1.54, 1.807) is 7.11 Å². The molecule has 0 saturated carbocycles. The molecule has 0 saturated heterocycles. The predicted octanol–water partition coefficient (Wildman–Crippen LogP) is 8.78. The van der Waals surface area contributed by atoms with Crippen molar-refractivity contribution in [3.05, 3.63) is 66.4 Å². The maximum atomic E-state index is 5.81. The number of methoxy groups -OCH3 is 1. The fourth-order valence-corrected chi connectivity index (χ4v) is 4.41. The van der Waals surface area contributed by atoms with E-state index in [0.717, 1.165) is 63.6 Å². The van der Waals surface area contributed by atoms with Crippen molar-refractivity contribution in [2.75, 3.05) is 38.3 Å². The van der Waals surface area contributed by atoms with Crippen LogP contribution in [0.25, 0.3) is 11.1 Å². The summed E-state index contributed by atoms with van der Waals surface area (Å²) in [5, 5.41) is 0. The van der Waals surface area contributed by atoms with Crippen LogP contribution in [-0.4, -0.2) is 38.4 Å². The molecular weight excluding hydrogens is 456 g/mol. The minimum Gasteiger partial charge on any atom is -0.493 e. The Labute approximate surface area is 227 Å². The van der Waals surface area contributed by atoms with Gasteiger partial charge in [-0.3, -0.25) is 0 Å². The summed E-state index contributed by atoms with van der Waals surface area (Å²) < 4.78 is 10.6. The highest BCUT2D eigenvalue weighted by Crippen LogP contribution is 2.36. The SMILES string of the molecule is C=C.C=C(C)CCOC.CCCN(CC(C)C)c1nc(C(C)C)c(-c2ccc3c(c2)CCCO3)cc1C. The molecule has 37 heavy (non-hydrogen) atoms. The van der Waals surface area contributed by atoms with Gasteiger partial charge in [0.05, 0.1) is 12.3 Å². The second kappa shape index (κ2) is 17.0. The predicted molar refractivity (Wildman–Crippen MR) is 162 cm³/mol. The molecule has 2 aromatic rings. The summed E-state index contributed by atoms with van der Waals surface area (Å²) in [5.41, 5.74) is 7.51. The van der Waals surface area contributed by atoms with E-state index in [2.05, 4.69) is 90.4 Å². The van der Waals surface area contributed by atoms with Crippen molar-refractivity contribution >= 4 is 5.82 Å². The highest BCUT2D eigenvalue weighted by Gasteiger charge is 2.19. The number of hydrogen-bond acceptors (Lipinski definition) is 4. The Bertz CT molecular complexity index is 965. The minimum atomic E-state index is 0.379. The van der Waals surface area contributed by atoms with E-state index in [1.807, 2.05) is 6.92 Å². The van der Waals surface area contributed by atoms with E-state index in [4.69, 9.17) is 14.5 Å². The number of anilines is 1. The Balaban J connectivity index is 0.000000659. The molecule has 2 heterocycles. The van der Waals surface area contributed by atoms with E-state index in [9.17, 15) is 0 Å². The molecule has 4 nitrogen and oxygen atoms in total. The molecule has 4 heteroatoms. The monoisotopic (exact) mass is 508 g/mol. The van der Waals surface area contributed by atoms with Crippen molar-refractivity contribution in [2.24, 2.45) is 5.92 Å². The van der Waals surface area contributed by atoms with Gasteiger partial charge in [-0.05, 0) is 86.3 Å². The van der Waals surface area contributed by atoms with Gasteiger partial charge in [0.1, 0.15) is 11.6 Å². The van der Waals surface area contributed by atoms with Gasteiger partial charge < -0.3 is 14.4 Å². The zero-order chi connectivity index (χ0) is 28.0. The van der Waals surface area contributed by atoms with Crippen LogP contribution in [-0.2, 0) is 11.2 Å². The topological polar surface area (TPSA) is 34.6 Å². The van der Waals surface area contributed by atoms with Crippen LogP contribution < -0.4 is 9.64 Å². The first kappa shape index (κ1) is 32.4. The molecule has 0 unspecified atom stereocenters. The number of fused-ring (bicyclic) bond motifs is 1. The zero-order valence-corrected chi connectivity index (χ0v) is 25.0. The third kappa shape index (κ3) is 10.4. The van der Waals surface area contributed by atoms with E-state index in [0.29, 0.717) is 11.8 Å². The molecule has 1 aliphatic rings. The number of aryl methyl sites for hydroxylation is 2. The summed E-state index contributed by atoms with van der Waals surface area (Å²) in [5.74, 6) is 3.21. The summed E-state index contributed by atoms with van der Waals surface area (Å²) in [6.07, 6.45) is 4.32. The molecule has 0 aliphatic carbocycles. The molecule has 1 aromatic carbocycles. The second-order valence-electron chi connectivity index (χ2n) is 10.5. The van der Waals surface area contributed by atoms with Crippen molar-refractivity contribution < 1.29 is 9.47 Å². The number of ether oxygens (including phenoxy) is 2. The fourth-order valence-electron chi connectivity index (χ4n) is 4.41. The van der Waals surface area contributed by atoms with Gasteiger partial charge in [0.2, 0.25) is 0 Å². The van der Waals surface area contributed by atoms with Crippen LogP contribution in [0.2, 0.25) is 0 Å². The van der Waals surface area contributed by atoms with Gasteiger partial charge >= 0.3 is 0 Å². The number of rotatable bonds is 10. The van der Waals surface area contributed by atoms with Gasteiger partial charge in [0.15, 0.2) is 0 Å². The first-order chi connectivity index (χ1) is 17.7. The second-order valence-corrected chi connectivity index (χ2v) is 10.5. The number of aromatic nitrogens is 1. The van der Waals surface area contributed by atoms with Crippen LogP contribution >= 0.6 is 0 Å². The maximum Gasteiger partial charge on any atom is 0.131 e. The van der Waals surface area contributed by atoms with Crippen molar-refractivity contribution in [1.82, 2.24) is 4.98 Å². The Hall–Kier alpha value is -2.59. The lowest BCUT2D eigenvalue weighted by Crippen LogP contribution is -2.30. The Morgan fingerprint density at radius 2 is 1.86 bits per heavy atom. The standard InChI is InChI=1S/C25H36N2O.C6H12O.C2H4/c1-7-12-27(16-17(2)3)25-19(6)14-22(24(26-25)18(4)5)20-10-11-23-21(15-20)9-8-13-28-23;1-6(2)4-5-7-3;1-2/h10-11,14-15,17-18H,7-9,12-13,16H2,1-6H3;1,4-5H2,2-3H3;1-2H2. The smallest absolute Gasteiger partial charge is 0.131 e. The van der Waals surface area contributed by atoms with Gasteiger partial charge in [-0.25, -0.2) is 4.98 Å². The van der Waals surface area contributed by atoms with Gasteiger partial charge in [-0.1, -0.05) is 46.3 Å². The van der Waals surface area contributed by atoms with Crippen LogP contribution in [0.15, 0.2) is 49.6 Å². The van der Waals surface area contributed by atoms with Crippen LogP contribution in [0.5, 0.6) is 5.75 Å². The normalized spacial score (nSPS) is 12.1. The summed E-state index contributed by atoms with van der Waals surface area (Å²) in [4.78, 5) is 7.70. The van der Waals surface area contributed by atoms with Crippen LogP contribution in [0.3, 0.4) is 0 Å². The Morgan fingerprint density at radius 3 is 2.41 bits per heavy atom. The first-order valence-corrected chi connectivity index (χ1v) is 13.8. The highest BCUT2D eigenvalue weighted by atomic mass is 16.5. The van der Waals surface area contributed by atoms with E-state index < -0.39 is 0 Å². The third-order valence-electron chi connectivity index (χ3n) is 6.09. The van der Waals surface area contributed by atoms with Crippen LogP contribution in [0.4, 0.5) is 5.82 Å². The summed E-state index contributed by atoms with van der Waals surface area (Å²) in [7, 11) is 1.70. The average Bonchev–Trinajstić information content (AvgIpc) is 2.88. The molecule has 0 spiro atoms. The van der Waals surface area contributed by atoms with Crippen molar-refractivity contribution in [3.63, 3.8) is 0 Å². The quantitative estimate of drug-likeness (QED) is 0.300. The van der Waals surface area contributed by atoms with Gasteiger partial charge in [-0.2, -0.15) is 0 Å². The fraction of sp³-hybridized carbons (Fsp3) is 0.545. The molecule has 1 aliphatic heterocycles. The molecule has 206 valence electrons. The lowest BCUT2D eigenvalue weighted by molar-refractivity contribution is 0.202. The largest absolute Gasteiger partial charge is 0.493 e. The Morgan fingerprint density at radius 1 is 1.16 bits per heavy atom. The molecule has 3 rings (SSSR count). The zero-order valence-electron chi connectivity index (χ0n) is 25.0. The van der Waals surface area contributed by atoms with Crippen molar-refractivity contribution in [3.8, 4) is 16.9 Å². The van der Waals surface area contributed by atoms with Crippen LogP contribution in [0, 0.1) is 12.8 Å². The number of pyridine rings is 1. The summed E-state index contributed by atoms with van der Waals surface area (Å²) in [6, 6.07) is 9.00. The van der Waals surface area contributed by atoms with Gasteiger partial charge in [0.25, 0.3) is 0 Å². The average molecular weight is 509 g/mol. The minimum absolute atomic E-state index is 0.379. The molecule has 0 amide bonds. The molecule has 0 N–H and O–H groups in total. The van der Waals surface area contributed by atoms with Gasteiger partial charge in [-0.15, -0.1) is 19.7 Å². The van der Waals surface area contributed by atoms with E-state index in [-0.39, 0.29) is 0 Å².